The van der Waals surface area contributed by atoms with Gasteiger partial charge >= 0.3 is 0 Å². The molecule has 0 aromatic carbocycles. The normalized spacial score (nSPS) is 11.0. The molecule has 2 nitrogen and oxygen atoms in total. The second kappa shape index (κ2) is 12.8. The quantitative estimate of drug-likeness (QED) is 0.374. The minimum atomic E-state index is -2.45. The summed E-state index contributed by atoms with van der Waals surface area (Å²) in [6.07, 6.45) is 5.89. The monoisotopic (exact) mass is 341 g/mol. The van der Waals surface area contributed by atoms with E-state index in [1.54, 1.807) is 0 Å². The molecule has 0 bridgehead atoms. The highest BCUT2D eigenvalue weighted by Crippen LogP contribution is 2.10. The van der Waals surface area contributed by atoms with Crippen molar-refractivity contribution in [3.63, 3.8) is 0 Å². The highest BCUT2D eigenvalue weighted by atomic mass is 79.9. The van der Waals surface area contributed by atoms with E-state index in [1.165, 1.54) is 30.6 Å². The van der Waals surface area contributed by atoms with Crippen LogP contribution in [0.5, 0.6) is 0 Å². The van der Waals surface area contributed by atoms with Crippen LogP contribution < -0.4 is 0 Å². The molecule has 0 aromatic heterocycles. The number of carbonyl (C=O) groups is 1. The van der Waals surface area contributed by atoms with Gasteiger partial charge < -0.3 is 4.90 Å². The smallest absolute Gasteiger partial charge is 0.255 e. The van der Waals surface area contributed by atoms with Crippen LogP contribution in [0.3, 0.4) is 0 Å². The van der Waals surface area contributed by atoms with Crippen molar-refractivity contribution < 1.29 is 13.6 Å². The Morgan fingerprint density at radius 3 is 2.21 bits per heavy atom. The molecule has 0 saturated heterocycles. The van der Waals surface area contributed by atoms with Crippen molar-refractivity contribution in [2.45, 2.75) is 64.7 Å². The van der Waals surface area contributed by atoms with Gasteiger partial charge in [0.25, 0.3) is 6.43 Å². The molecule has 0 aliphatic carbocycles. The van der Waals surface area contributed by atoms with Crippen molar-refractivity contribution in [3.8, 4) is 0 Å². The average Bonchev–Trinajstić information content (AvgIpc) is 2.36. The molecule has 19 heavy (non-hydrogen) atoms. The molecule has 114 valence electrons. The Morgan fingerprint density at radius 1 is 1.11 bits per heavy atom. The van der Waals surface area contributed by atoms with E-state index in [0.29, 0.717) is 18.3 Å². The molecule has 0 fully saturated rings. The van der Waals surface area contributed by atoms with Gasteiger partial charge in [0.05, 0.1) is 6.54 Å². The Bertz CT molecular complexity index is 227. The van der Waals surface area contributed by atoms with Crippen LogP contribution in [0.15, 0.2) is 0 Å². The zero-order chi connectivity index (χ0) is 14.5. The molecule has 0 aliphatic rings. The van der Waals surface area contributed by atoms with Gasteiger partial charge in [-0.2, -0.15) is 0 Å². The molecule has 0 saturated carbocycles. The molecule has 1 amide bonds. The van der Waals surface area contributed by atoms with Gasteiger partial charge in [0.2, 0.25) is 5.91 Å². The van der Waals surface area contributed by atoms with E-state index >= 15 is 0 Å². The van der Waals surface area contributed by atoms with E-state index in [-0.39, 0.29) is 5.91 Å². The largest absolute Gasteiger partial charge is 0.336 e. The molecular weight excluding hydrogens is 316 g/mol. The molecule has 0 aromatic rings. The maximum atomic E-state index is 12.3. The van der Waals surface area contributed by atoms with Crippen LogP contribution in [0, 0.1) is 0 Å². The first kappa shape index (κ1) is 18.8. The molecule has 0 N–H and O–H groups in total. The number of hydrogen-bond acceptors (Lipinski definition) is 1. The zero-order valence-electron chi connectivity index (χ0n) is 11.8. The Hall–Kier alpha value is -0.190. The lowest BCUT2D eigenvalue weighted by molar-refractivity contribution is -0.132. The Balaban J connectivity index is 3.68. The lowest BCUT2D eigenvalue weighted by Crippen LogP contribution is -2.36. The third-order valence-electron chi connectivity index (χ3n) is 3.06. The fourth-order valence-electron chi connectivity index (χ4n) is 1.98. The summed E-state index contributed by atoms with van der Waals surface area (Å²) in [4.78, 5) is 13.0. The van der Waals surface area contributed by atoms with Gasteiger partial charge in [-0.1, -0.05) is 61.4 Å². The molecule has 0 heterocycles. The molecule has 0 unspecified atom stereocenters. The van der Waals surface area contributed by atoms with Gasteiger partial charge in [-0.25, -0.2) is 8.78 Å². The number of amides is 1. The summed E-state index contributed by atoms with van der Waals surface area (Å²) in [6, 6.07) is 0. The van der Waals surface area contributed by atoms with Gasteiger partial charge in [0.1, 0.15) is 0 Å². The van der Waals surface area contributed by atoms with Crippen molar-refractivity contribution in [1.29, 1.82) is 0 Å². The summed E-state index contributed by atoms with van der Waals surface area (Å²) in [6.45, 7) is 2.10. The molecule has 0 rings (SSSR count). The van der Waals surface area contributed by atoms with Crippen molar-refractivity contribution in [2.24, 2.45) is 0 Å². The molecule has 0 radical (unpaired) electrons. The predicted octanol–water partition coefficient (Wildman–Crippen LogP) is 4.62. The van der Waals surface area contributed by atoms with E-state index in [9.17, 15) is 13.6 Å². The second-order valence-electron chi connectivity index (χ2n) is 4.79. The van der Waals surface area contributed by atoms with Crippen molar-refractivity contribution in [1.82, 2.24) is 4.90 Å². The van der Waals surface area contributed by atoms with E-state index in [2.05, 4.69) is 22.9 Å². The fourth-order valence-corrected chi connectivity index (χ4v) is 2.41. The lowest BCUT2D eigenvalue weighted by Gasteiger charge is -2.21. The first-order chi connectivity index (χ1) is 9.11. The Labute approximate surface area is 124 Å². The third-order valence-corrected chi connectivity index (χ3v) is 3.41. The van der Waals surface area contributed by atoms with Crippen molar-refractivity contribution in [2.75, 3.05) is 18.4 Å². The van der Waals surface area contributed by atoms with Crippen LogP contribution in [0.1, 0.15) is 58.3 Å². The number of nitrogens with zero attached hydrogens (tertiary/aromatic N) is 1. The average molecular weight is 342 g/mol. The molecule has 5 heteroatoms. The second-order valence-corrected chi connectivity index (χ2v) is 5.58. The lowest BCUT2D eigenvalue weighted by atomic mass is 10.1. The van der Waals surface area contributed by atoms with E-state index < -0.39 is 13.0 Å². The molecular formula is C14H26BrF2NO. The van der Waals surface area contributed by atoms with Gasteiger partial charge in [0, 0.05) is 18.3 Å². The minimum absolute atomic E-state index is 0.145. The summed E-state index contributed by atoms with van der Waals surface area (Å²) < 4.78 is 24.6. The third kappa shape index (κ3) is 11.3. The number of alkyl halides is 3. The van der Waals surface area contributed by atoms with Gasteiger partial charge in [-0.15, -0.1) is 0 Å². The first-order valence-electron chi connectivity index (χ1n) is 7.23. The number of hydrogen-bond donors (Lipinski definition) is 0. The van der Waals surface area contributed by atoms with Gasteiger partial charge in [-0.05, 0) is 6.42 Å². The predicted molar refractivity (Wildman–Crippen MR) is 79.0 cm³/mol. The van der Waals surface area contributed by atoms with E-state index in [4.69, 9.17) is 0 Å². The van der Waals surface area contributed by atoms with Gasteiger partial charge in [0.15, 0.2) is 0 Å². The number of rotatable bonds is 12. The van der Waals surface area contributed by atoms with Crippen LogP contribution in [0.4, 0.5) is 8.78 Å². The molecule has 0 atom stereocenters. The minimum Gasteiger partial charge on any atom is -0.336 e. The Kier molecular flexibility index (Phi) is 12.7. The number of carbonyl (C=O) groups excluding carboxylic acids is 1. The highest BCUT2D eigenvalue weighted by Gasteiger charge is 2.16. The summed E-state index contributed by atoms with van der Waals surface area (Å²) in [7, 11) is 0. The summed E-state index contributed by atoms with van der Waals surface area (Å²) in [5, 5.41) is 0.544. The highest BCUT2D eigenvalue weighted by molar-refractivity contribution is 9.09. The molecule has 0 aliphatic heterocycles. The maximum absolute atomic E-state index is 12.3. The van der Waals surface area contributed by atoms with Crippen LogP contribution >= 0.6 is 15.9 Å². The topological polar surface area (TPSA) is 20.3 Å². The molecule has 0 spiro atoms. The SMILES string of the molecule is CCCCCCCCCC(=O)N(CCBr)CC(F)F. The van der Waals surface area contributed by atoms with Crippen molar-refractivity contribution in [3.05, 3.63) is 0 Å². The summed E-state index contributed by atoms with van der Waals surface area (Å²) in [5.41, 5.74) is 0. The van der Waals surface area contributed by atoms with Crippen LogP contribution in [0.2, 0.25) is 0 Å². The summed E-state index contributed by atoms with van der Waals surface area (Å²) in [5.74, 6) is -0.145. The van der Waals surface area contributed by atoms with E-state index in [1.807, 2.05) is 0 Å². The summed E-state index contributed by atoms with van der Waals surface area (Å²) >= 11 is 3.19. The fraction of sp³-hybridized carbons (Fsp3) is 0.929. The zero-order valence-corrected chi connectivity index (χ0v) is 13.4. The van der Waals surface area contributed by atoms with Gasteiger partial charge in [-0.3, -0.25) is 4.79 Å². The van der Waals surface area contributed by atoms with Crippen LogP contribution in [-0.2, 0) is 4.79 Å². The van der Waals surface area contributed by atoms with Crippen LogP contribution in [-0.4, -0.2) is 35.7 Å². The standard InChI is InChI=1S/C14H26BrF2NO/c1-2-3-4-5-6-7-8-9-14(19)18(11-10-15)12-13(16)17/h13H,2-12H2,1H3. The number of halogens is 3. The van der Waals surface area contributed by atoms with E-state index in [0.717, 1.165) is 19.3 Å². The first-order valence-corrected chi connectivity index (χ1v) is 8.35. The maximum Gasteiger partial charge on any atom is 0.255 e. The number of unbranched alkanes of at least 4 members (excludes halogenated alkanes) is 6. The van der Waals surface area contributed by atoms with Crippen LogP contribution in [0.25, 0.3) is 0 Å². The van der Waals surface area contributed by atoms with Crippen molar-refractivity contribution >= 4 is 21.8 Å². The Morgan fingerprint density at radius 2 is 1.68 bits per heavy atom.